The minimum Gasteiger partial charge on any atom is -0.504 e. The van der Waals surface area contributed by atoms with Gasteiger partial charge in [0.25, 0.3) is 0 Å². The molecule has 0 atom stereocenters. The first-order valence-corrected chi connectivity index (χ1v) is 11.4. The van der Waals surface area contributed by atoms with E-state index in [9.17, 15) is 5.11 Å². The molecule has 1 saturated carbocycles. The summed E-state index contributed by atoms with van der Waals surface area (Å²) in [4.78, 5) is 7.48. The first-order chi connectivity index (χ1) is 14.2. The molecule has 0 amide bonds. The molecule has 0 radical (unpaired) electrons. The summed E-state index contributed by atoms with van der Waals surface area (Å²) in [5.74, 6) is 1.57. The molecule has 0 bridgehead atoms. The molecule has 1 aliphatic carbocycles. The van der Waals surface area contributed by atoms with Crippen molar-refractivity contribution in [1.29, 1.82) is 0 Å². The van der Waals surface area contributed by atoms with Crippen LogP contribution in [0.15, 0.2) is 23.2 Å². The number of benzene rings is 1. The molecule has 3 N–H and O–H groups in total. The largest absolute Gasteiger partial charge is 0.504 e. The molecule has 0 unspecified atom stereocenters. The van der Waals surface area contributed by atoms with Gasteiger partial charge in [0, 0.05) is 31.7 Å². The summed E-state index contributed by atoms with van der Waals surface area (Å²) in [7, 11) is 0. The highest BCUT2D eigenvalue weighted by Crippen LogP contribution is 2.27. The predicted molar refractivity (Wildman–Crippen MR) is 119 cm³/mol. The number of ether oxygens (including phenoxy) is 1. The van der Waals surface area contributed by atoms with E-state index < -0.39 is 0 Å². The lowest BCUT2D eigenvalue weighted by Gasteiger charge is -2.39. The average Bonchev–Trinajstić information content (AvgIpc) is 2.75. The standard InChI is InChI=1S/C23H38N4O2/c1-3-24-23(25-17-18-10-11-21(28)22(16-18)29-4-2)26-19-12-14-27(15-13-19)20-8-6-5-7-9-20/h10-11,16,19-20,28H,3-9,12-15,17H2,1-2H3,(H2,24,25,26). The van der Waals surface area contributed by atoms with Gasteiger partial charge in [0.05, 0.1) is 13.2 Å². The first kappa shape index (κ1) is 21.8. The van der Waals surface area contributed by atoms with Crippen LogP contribution >= 0.6 is 0 Å². The number of guanidine groups is 1. The maximum absolute atomic E-state index is 9.87. The molecule has 1 saturated heterocycles. The van der Waals surface area contributed by atoms with Gasteiger partial charge in [-0.15, -0.1) is 0 Å². The summed E-state index contributed by atoms with van der Waals surface area (Å²) in [5.41, 5.74) is 1.02. The summed E-state index contributed by atoms with van der Waals surface area (Å²) in [6.07, 6.45) is 9.36. The Morgan fingerprint density at radius 3 is 2.59 bits per heavy atom. The van der Waals surface area contributed by atoms with Crippen molar-refractivity contribution < 1.29 is 9.84 Å². The van der Waals surface area contributed by atoms with Gasteiger partial charge in [0.15, 0.2) is 17.5 Å². The van der Waals surface area contributed by atoms with Gasteiger partial charge in [0.2, 0.25) is 0 Å². The summed E-state index contributed by atoms with van der Waals surface area (Å²) in [5, 5.41) is 16.9. The zero-order chi connectivity index (χ0) is 20.5. The fourth-order valence-corrected chi connectivity index (χ4v) is 4.47. The molecule has 2 aliphatic rings. The molecular formula is C23H38N4O2. The van der Waals surface area contributed by atoms with E-state index in [0.717, 1.165) is 24.1 Å². The number of phenolic OH excluding ortho intramolecular Hbond substituents is 1. The maximum Gasteiger partial charge on any atom is 0.191 e. The second-order valence-corrected chi connectivity index (χ2v) is 8.18. The Kier molecular flexibility index (Phi) is 8.47. The maximum atomic E-state index is 9.87. The topological polar surface area (TPSA) is 69.1 Å². The van der Waals surface area contributed by atoms with E-state index in [-0.39, 0.29) is 5.75 Å². The summed E-state index contributed by atoms with van der Waals surface area (Å²) in [6.45, 7) is 8.32. The van der Waals surface area contributed by atoms with Gasteiger partial charge in [-0.25, -0.2) is 4.99 Å². The summed E-state index contributed by atoms with van der Waals surface area (Å²) in [6, 6.07) is 6.74. The summed E-state index contributed by atoms with van der Waals surface area (Å²) >= 11 is 0. The number of aromatic hydroxyl groups is 1. The number of rotatable bonds is 7. The molecule has 0 aromatic heterocycles. The average molecular weight is 403 g/mol. The van der Waals surface area contributed by atoms with Crippen LogP contribution in [0.2, 0.25) is 0 Å². The van der Waals surface area contributed by atoms with Crippen LogP contribution in [-0.4, -0.2) is 54.3 Å². The highest BCUT2D eigenvalue weighted by molar-refractivity contribution is 5.80. The molecule has 29 heavy (non-hydrogen) atoms. The Bertz CT molecular complexity index is 650. The minimum atomic E-state index is 0.175. The van der Waals surface area contributed by atoms with Crippen LogP contribution in [0.1, 0.15) is 64.4 Å². The van der Waals surface area contributed by atoms with E-state index in [4.69, 9.17) is 9.73 Å². The highest BCUT2D eigenvalue weighted by Gasteiger charge is 2.26. The quantitative estimate of drug-likeness (QED) is 0.480. The van der Waals surface area contributed by atoms with E-state index in [1.807, 2.05) is 19.1 Å². The third-order valence-corrected chi connectivity index (χ3v) is 6.05. The third kappa shape index (κ3) is 6.53. The van der Waals surface area contributed by atoms with Crippen molar-refractivity contribution in [3.8, 4) is 11.5 Å². The first-order valence-electron chi connectivity index (χ1n) is 11.4. The van der Waals surface area contributed by atoms with Crippen LogP contribution < -0.4 is 15.4 Å². The van der Waals surface area contributed by atoms with Crippen LogP contribution in [0, 0.1) is 0 Å². The van der Waals surface area contributed by atoms with Crippen molar-refractivity contribution >= 4 is 5.96 Å². The number of nitrogens with one attached hydrogen (secondary N) is 2. The lowest BCUT2D eigenvalue weighted by Crippen LogP contribution is -2.50. The number of aliphatic imine (C=N–C) groups is 1. The lowest BCUT2D eigenvalue weighted by atomic mass is 9.92. The van der Waals surface area contributed by atoms with Crippen LogP contribution in [0.4, 0.5) is 0 Å². The van der Waals surface area contributed by atoms with Gasteiger partial charge in [0.1, 0.15) is 0 Å². The van der Waals surface area contributed by atoms with E-state index in [1.54, 1.807) is 6.07 Å². The van der Waals surface area contributed by atoms with Crippen LogP contribution in [0.3, 0.4) is 0 Å². The van der Waals surface area contributed by atoms with E-state index in [0.29, 0.717) is 24.9 Å². The van der Waals surface area contributed by atoms with Crippen LogP contribution in [0.25, 0.3) is 0 Å². The number of likely N-dealkylation sites (tertiary alicyclic amines) is 1. The van der Waals surface area contributed by atoms with E-state index in [2.05, 4.69) is 22.5 Å². The predicted octanol–water partition coefficient (Wildman–Crippen LogP) is 3.64. The zero-order valence-corrected chi connectivity index (χ0v) is 18.1. The Balaban J connectivity index is 1.52. The van der Waals surface area contributed by atoms with Gasteiger partial charge in [-0.3, -0.25) is 0 Å². The number of nitrogens with zero attached hydrogens (tertiary/aromatic N) is 2. The second-order valence-electron chi connectivity index (χ2n) is 8.18. The third-order valence-electron chi connectivity index (χ3n) is 6.05. The Hall–Kier alpha value is -1.95. The van der Waals surface area contributed by atoms with Crippen molar-refractivity contribution in [2.45, 2.75) is 77.4 Å². The number of piperidine rings is 1. The van der Waals surface area contributed by atoms with Crippen molar-refractivity contribution in [2.24, 2.45) is 4.99 Å². The molecule has 1 heterocycles. The molecular weight excluding hydrogens is 364 g/mol. The molecule has 162 valence electrons. The molecule has 2 fully saturated rings. The number of hydrogen-bond acceptors (Lipinski definition) is 4. The Morgan fingerprint density at radius 1 is 1.14 bits per heavy atom. The van der Waals surface area contributed by atoms with E-state index in [1.165, 1.54) is 58.0 Å². The molecule has 0 spiro atoms. The monoisotopic (exact) mass is 402 g/mol. The van der Waals surface area contributed by atoms with Crippen molar-refractivity contribution in [3.05, 3.63) is 23.8 Å². The molecule has 6 nitrogen and oxygen atoms in total. The van der Waals surface area contributed by atoms with Crippen LogP contribution in [0.5, 0.6) is 11.5 Å². The van der Waals surface area contributed by atoms with Crippen LogP contribution in [-0.2, 0) is 6.54 Å². The van der Waals surface area contributed by atoms with Crippen molar-refractivity contribution in [2.75, 3.05) is 26.2 Å². The molecule has 3 rings (SSSR count). The van der Waals surface area contributed by atoms with Gasteiger partial charge in [-0.1, -0.05) is 25.3 Å². The lowest BCUT2D eigenvalue weighted by molar-refractivity contribution is 0.119. The van der Waals surface area contributed by atoms with Gasteiger partial charge < -0.3 is 25.4 Å². The highest BCUT2D eigenvalue weighted by atomic mass is 16.5. The van der Waals surface area contributed by atoms with Gasteiger partial charge in [-0.05, 0) is 57.2 Å². The smallest absolute Gasteiger partial charge is 0.191 e. The van der Waals surface area contributed by atoms with Gasteiger partial charge in [-0.2, -0.15) is 0 Å². The SMILES string of the molecule is CCNC(=NCc1ccc(O)c(OCC)c1)NC1CCN(C2CCCCC2)CC1. The Morgan fingerprint density at radius 2 is 1.90 bits per heavy atom. The second kappa shape index (κ2) is 11.3. The summed E-state index contributed by atoms with van der Waals surface area (Å²) < 4.78 is 5.48. The van der Waals surface area contributed by atoms with Gasteiger partial charge >= 0.3 is 0 Å². The van der Waals surface area contributed by atoms with E-state index >= 15 is 0 Å². The number of hydrogen-bond donors (Lipinski definition) is 3. The normalized spacial score (nSPS) is 19.9. The fourth-order valence-electron chi connectivity index (χ4n) is 4.47. The molecule has 1 aliphatic heterocycles. The number of phenols is 1. The van der Waals surface area contributed by atoms with Crippen molar-refractivity contribution in [1.82, 2.24) is 15.5 Å². The zero-order valence-electron chi connectivity index (χ0n) is 18.1. The molecule has 1 aromatic carbocycles. The van der Waals surface area contributed by atoms with Crippen molar-refractivity contribution in [3.63, 3.8) is 0 Å². The molecule has 1 aromatic rings. The fraction of sp³-hybridized carbons (Fsp3) is 0.696. The Labute approximate surface area is 175 Å². The molecule has 6 heteroatoms. The minimum absolute atomic E-state index is 0.175.